The Morgan fingerprint density at radius 3 is 2.53 bits per heavy atom. The Labute approximate surface area is 280 Å². The maximum absolute atomic E-state index is 13.3. The Balaban J connectivity index is 0.00000158. The molecule has 3 aromatic heterocycles. The number of aliphatic hydroxyl groups excluding tert-OH is 1. The van der Waals surface area contributed by atoms with Crippen LogP contribution < -0.4 is 5.32 Å². The topological polar surface area (TPSA) is 152 Å². The van der Waals surface area contributed by atoms with E-state index in [0.29, 0.717) is 53.1 Å². The molecular formula is C31H32N6O4SY-2. The Kier molecular flexibility index (Phi) is 14.0. The Morgan fingerprint density at radius 1 is 1.19 bits per heavy atom. The van der Waals surface area contributed by atoms with Gasteiger partial charge in [0, 0.05) is 57.7 Å². The SMILES string of the molecule is CC.N#CC(=C1CCN(C(=O)C(=O)c2c[nH]c3c(-c4nc(C(=O)NCCO)cs4)nc[c-]c23)CC1)c1ccccc1.[CH3-].[Y]. The van der Waals surface area contributed by atoms with Gasteiger partial charge in [0.2, 0.25) is 0 Å². The number of amides is 2. The van der Waals surface area contributed by atoms with E-state index in [4.69, 9.17) is 5.11 Å². The fourth-order valence-electron chi connectivity index (χ4n) is 4.52. The first-order valence-electron chi connectivity index (χ1n) is 13.3. The van der Waals surface area contributed by atoms with Gasteiger partial charge in [-0.3, -0.25) is 19.4 Å². The van der Waals surface area contributed by atoms with Crippen LogP contribution in [0.15, 0.2) is 53.7 Å². The molecule has 1 radical (unpaired) electrons. The third kappa shape index (κ3) is 7.89. The molecule has 0 unspecified atom stereocenters. The summed E-state index contributed by atoms with van der Waals surface area (Å²) in [4.78, 5) is 51.8. The molecule has 12 heteroatoms. The van der Waals surface area contributed by atoms with Crippen LogP contribution in [0.5, 0.6) is 0 Å². The maximum Gasteiger partial charge on any atom is 0.282 e. The maximum atomic E-state index is 13.3. The van der Waals surface area contributed by atoms with Crippen molar-refractivity contribution in [2.75, 3.05) is 26.2 Å². The third-order valence-electron chi connectivity index (χ3n) is 6.48. The Morgan fingerprint density at radius 2 is 1.88 bits per heavy atom. The average molecular weight is 674 g/mol. The molecule has 2 amide bonds. The van der Waals surface area contributed by atoms with Crippen molar-refractivity contribution in [3.63, 3.8) is 0 Å². The van der Waals surface area contributed by atoms with E-state index in [1.54, 1.807) is 5.38 Å². The second-order valence-corrected chi connectivity index (χ2v) is 9.66. The summed E-state index contributed by atoms with van der Waals surface area (Å²) in [6.45, 7) is 4.63. The second kappa shape index (κ2) is 16.9. The molecule has 221 valence electrons. The van der Waals surface area contributed by atoms with E-state index in [1.165, 1.54) is 28.6 Å². The number of carbonyl (C=O) groups is 3. The van der Waals surface area contributed by atoms with Gasteiger partial charge in [-0.2, -0.15) is 16.7 Å². The summed E-state index contributed by atoms with van der Waals surface area (Å²) in [6.07, 6.45) is 3.91. The molecule has 43 heavy (non-hydrogen) atoms. The predicted molar refractivity (Wildman–Crippen MR) is 162 cm³/mol. The number of pyridine rings is 1. The monoisotopic (exact) mass is 673 g/mol. The van der Waals surface area contributed by atoms with Crippen LogP contribution in [0.1, 0.15) is 53.1 Å². The van der Waals surface area contributed by atoms with Gasteiger partial charge in [0.1, 0.15) is 10.7 Å². The zero-order valence-corrected chi connectivity index (χ0v) is 28.0. The number of nitriles is 1. The largest absolute Gasteiger partial charge is 0.421 e. The van der Waals surface area contributed by atoms with E-state index in [0.717, 1.165) is 11.1 Å². The van der Waals surface area contributed by atoms with Gasteiger partial charge in [-0.15, -0.1) is 11.3 Å². The number of rotatable bonds is 7. The molecule has 4 aromatic rings. The second-order valence-electron chi connectivity index (χ2n) is 8.80. The number of fused-ring (bicyclic) bond motifs is 1. The number of H-pyrrole nitrogens is 1. The number of likely N-dealkylation sites (tertiary alicyclic amines) is 1. The van der Waals surface area contributed by atoms with Crippen LogP contribution in [-0.2, 0) is 37.5 Å². The molecule has 4 heterocycles. The summed E-state index contributed by atoms with van der Waals surface area (Å²) in [7, 11) is 0. The number of aromatic amines is 1. The molecule has 0 bridgehead atoms. The number of thiazole rings is 1. The number of allylic oxidation sites excluding steroid dienone is 1. The summed E-state index contributed by atoms with van der Waals surface area (Å²) in [6, 6.07) is 14.7. The minimum absolute atomic E-state index is 0. The van der Waals surface area contributed by atoms with Crippen LogP contribution in [-0.4, -0.2) is 68.8 Å². The zero-order valence-electron chi connectivity index (χ0n) is 24.3. The van der Waals surface area contributed by atoms with Gasteiger partial charge >= 0.3 is 0 Å². The van der Waals surface area contributed by atoms with E-state index in [-0.39, 0.29) is 64.5 Å². The van der Waals surface area contributed by atoms with Crippen molar-refractivity contribution < 1.29 is 52.2 Å². The van der Waals surface area contributed by atoms with E-state index in [1.807, 2.05) is 44.2 Å². The first-order valence-corrected chi connectivity index (χ1v) is 14.1. The van der Waals surface area contributed by atoms with E-state index >= 15 is 0 Å². The van der Waals surface area contributed by atoms with Gasteiger partial charge in [-0.05, 0) is 35.7 Å². The number of hydrogen-bond acceptors (Lipinski definition) is 8. The first kappa shape index (κ1) is 35.6. The van der Waals surface area contributed by atoms with E-state index in [9.17, 15) is 19.6 Å². The van der Waals surface area contributed by atoms with Gasteiger partial charge in [0.05, 0.1) is 23.9 Å². The predicted octanol–water partition coefficient (Wildman–Crippen LogP) is 4.47. The third-order valence-corrected chi connectivity index (χ3v) is 7.33. The van der Waals surface area contributed by atoms with E-state index in [2.05, 4.69) is 32.4 Å². The number of piperidine rings is 1. The summed E-state index contributed by atoms with van der Waals surface area (Å²) >= 11 is 1.21. The molecule has 1 saturated heterocycles. The van der Waals surface area contributed by atoms with E-state index < -0.39 is 17.6 Å². The molecule has 1 aliphatic heterocycles. The number of benzene rings is 1. The first-order chi connectivity index (χ1) is 20.0. The smallest absolute Gasteiger partial charge is 0.282 e. The van der Waals surface area contributed by atoms with Crippen molar-refractivity contribution in [3.8, 4) is 16.8 Å². The molecular weight excluding hydrogens is 641 g/mol. The number of nitrogens with zero attached hydrogens (tertiary/aromatic N) is 4. The normalized spacial score (nSPS) is 12.1. The fourth-order valence-corrected chi connectivity index (χ4v) is 5.32. The quantitative estimate of drug-likeness (QED) is 0.113. The molecule has 5 rings (SSSR count). The van der Waals surface area contributed by atoms with Crippen molar-refractivity contribution in [3.05, 3.63) is 84.0 Å². The number of aromatic nitrogens is 3. The minimum Gasteiger partial charge on any atom is -0.421 e. The number of nitrogens with one attached hydrogen (secondary N) is 2. The number of hydrogen-bond donors (Lipinski definition) is 3. The van der Waals surface area contributed by atoms with Crippen molar-refractivity contribution in [1.29, 1.82) is 5.26 Å². The van der Waals surface area contributed by atoms with Gasteiger partial charge < -0.3 is 27.7 Å². The van der Waals surface area contributed by atoms with Crippen molar-refractivity contribution >= 4 is 45.4 Å². The van der Waals surface area contributed by atoms with Crippen LogP contribution in [0, 0.1) is 24.8 Å². The number of aliphatic hydroxyl groups is 1. The average Bonchev–Trinajstić information content (AvgIpc) is 3.70. The summed E-state index contributed by atoms with van der Waals surface area (Å²) in [5, 5.41) is 23.6. The molecule has 10 nitrogen and oxygen atoms in total. The number of ketones is 1. The van der Waals surface area contributed by atoms with Crippen molar-refractivity contribution in [1.82, 2.24) is 25.2 Å². The molecule has 3 N–H and O–H groups in total. The molecule has 1 fully saturated rings. The van der Waals surface area contributed by atoms with Crippen LogP contribution in [0.2, 0.25) is 0 Å². The Hall–Kier alpha value is -3.56. The summed E-state index contributed by atoms with van der Waals surface area (Å²) in [5.41, 5.74) is 3.73. The molecule has 1 aromatic carbocycles. The van der Waals surface area contributed by atoms with Crippen LogP contribution >= 0.6 is 11.3 Å². The standard InChI is InChI=1S/C28H23N6O4S.C2H6.CH3.Y/c29-14-20(17-4-2-1-3-5-17)18-7-11-34(12-8-18)28(38)25(36)21-15-32-23-19(21)6-9-30-24(23)27-33-22(16-39-27)26(37)31-10-13-35;1-2;;/h1-5,9,15-16,32,35H,7-8,10-13H2,(H,31,37);1-2H3;1H3;/q-1;;-1;. The number of carbonyl (C=O) groups excluding carboxylic acids is 3. The molecule has 1 aliphatic rings. The van der Waals surface area contributed by atoms with Crippen molar-refractivity contribution in [2.24, 2.45) is 0 Å². The van der Waals surface area contributed by atoms with Gasteiger partial charge in [0.25, 0.3) is 11.8 Å². The van der Waals surface area contributed by atoms with Gasteiger partial charge in [0.15, 0.2) is 5.78 Å². The van der Waals surface area contributed by atoms with Crippen LogP contribution in [0.25, 0.3) is 27.2 Å². The zero-order chi connectivity index (χ0) is 29.4. The van der Waals surface area contributed by atoms with Gasteiger partial charge in [-0.1, -0.05) is 55.9 Å². The molecule has 0 atom stereocenters. The summed E-state index contributed by atoms with van der Waals surface area (Å²) < 4.78 is 0. The van der Waals surface area contributed by atoms with Crippen molar-refractivity contribution in [2.45, 2.75) is 26.7 Å². The van der Waals surface area contributed by atoms with Crippen LogP contribution in [0.3, 0.4) is 0 Å². The minimum atomic E-state index is -0.658. The van der Waals surface area contributed by atoms with Crippen LogP contribution in [0.4, 0.5) is 0 Å². The number of Topliss-reactive ketones (excluding diaryl/α,β-unsaturated/α-hetero) is 1. The Bertz CT molecular complexity index is 1630. The van der Waals surface area contributed by atoms with Gasteiger partial charge in [-0.25, -0.2) is 4.98 Å². The molecule has 0 saturated carbocycles. The molecule has 0 spiro atoms. The fraction of sp³-hybridized carbons (Fsp3) is 0.258. The molecule has 0 aliphatic carbocycles. The summed E-state index contributed by atoms with van der Waals surface area (Å²) in [5.74, 6) is -1.69.